The second-order valence-corrected chi connectivity index (χ2v) is 10.8. The van der Waals surface area contributed by atoms with Crippen LogP contribution in [0.1, 0.15) is 47.2 Å². The number of nitrogens with zero attached hydrogens (tertiary/aromatic N) is 3. The highest BCUT2D eigenvalue weighted by molar-refractivity contribution is 7.89. The second kappa shape index (κ2) is 9.10. The van der Waals surface area contributed by atoms with Crippen molar-refractivity contribution in [3.63, 3.8) is 0 Å². The highest BCUT2D eigenvalue weighted by atomic mass is 32.2. The monoisotopic (exact) mass is 441 g/mol. The molecule has 31 heavy (non-hydrogen) atoms. The molecule has 2 heterocycles. The van der Waals surface area contributed by atoms with E-state index in [2.05, 4.69) is 17.0 Å². The summed E-state index contributed by atoms with van der Waals surface area (Å²) < 4.78 is 26.0. The number of likely N-dealkylation sites (tertiary alicyclic amines) is 1. The number of hydrogen-bond donors (Lipinski definition) is 0. The Balaban J connectivity index is 1.47. The minimum absolute atomic E-state index is 0.0386. The number of carbonyl (C=O) groups excluding carboxylic acids is 1. The third-order valence-electron chi connectivity index (χ3n) is 6.28. The number of amides is 1. The molecule has 2 aromatic carbocycles. The Hall–Kier alpha value is -2.22. The maximum atomic E-state index is 13.1. The summed E-state index contributed by atoms with van der Waals surface area (Å²) in [7, 11) is -0.436. The van der Waals surface area contributed by atoms with Gasteiger partial charge >= 0.3 is 0 Å². The minimum atomic E-state index is -3.48. The summed E-state index contributed by atoms with van der Waals surface area (Å²) >= 11 is 0. The first kappa shape index (κ1) is 22.0. The van der Waals surface area contributed by atoms with Crippen LogP contribution in [0, 0.1) is 0 Å². The molecule has 2 aromatic rings. The molecule has 2 aliphatic rings. The van der Waals surface area contributed by atoms with Gasteiger partial charge in [0.2, 0.25) is 10.0 Å². The third-order valence-corrected chi connectivity index (χ3v) is 8.09. The second-order valence-electron chi connectivity index (χ2n) is 8.67. The summed E-state index contributed by atoms with van der Waals surface area (Å²) in [5, 5.41) is 0. The molecule has 0 radical (unpaired) electrons. The van der Waals surface area contributed by atoms with E-state index in [4.69, 9.17) is 0 Å². The fourth-order valence-corrected chi connectivity index (χ4v) is 5.37. The maximum absolute atomic E-state index is 13.1. The van der Waals surface area contributed by atoms with Gasteiger partial charge < -0.3 is 4.90 Å². The quantitative estimate of drug-likeness (QED) is 0.712. The van der Waals surface area contributed by atoms with E-state index in [9.17, 15) is 13.2 Å². The smallest absolute Gasteiger partial charge is 0.258 e. The Morgan fingerprint density at radius 3 is 2.26 bits per heavy atom. The predicted octanol–water partition coefficient (Wildman–Crippen LogP) is 3.52. The Labute approximate surface area is 185 Å². The topological polar surface area (TPSA) is 60.9 Å². The molecule has 1 saturated heterocycles. The first-order valence-electron chi connectivity index (χ1n) is 11.0. The van der Waals surface area contributed by atoms with Gasteiger partial charge in [-0.1, -0.05) is 25.0 Å². The molecule has 7 heteroatoms. The molecular weight excluding hydrogens is 410 g/mol. The molecule has 1 amide bonds. The van der Waals surface area contributed by atoms with Crippen LogP contribution in [0.3, 0.4) is 0 Å². The molecule has 0 spiro atoms. The maximum Gasteiger partial charge on any atom is 0.258 e. The zero-order chi connectivity index (χ0) is 22.0. The lowest BCUT2D eigenvalue weighted by Crippen LogP contribution is -2.29. The number of sulfonamides is 1. The number of carbonyl (C=O) groups is 1. The third kappa shape index (κ3) is 4.68. The van der Waals surface area contributed by atoms with E-state index in [0.29, 0.717) is 18.5 Å². The predicted molar refractivity (Wildman–Crippen MR) is 123 cm³/mol. The number of hydrogen-bond acceptors (Lipinski definition) is 4. The van der Waals surface area contributed by atoms with Crippen LogP contribution in [0.5, 0.6) is 0 Å². The molecular formula is C24H31N3O3S. The zero-order valence-corrected chi connectivity index (χ0v) is 19.2. The van der Waals surface area contributed by atoms with E-state index >= 15 is 0 Å². The summed E-state index contributed by atoms with van der Waals surface area (Å²) in [6, 6.07) is 13.0. The van der Waals surface area contributed by atoms with E-state index < -0.39 is 10.0 Å². The molecule has 0 saturated carbocycles. The van der Waals surface area contributed by atoms with Gasteiger partial charge in [0.15, 0.2) is 0 Å². The first-order valence-corrected chi connectivity index (χ1v) is 12.5. The van der Waals surface area contributed by atoms with Crippen molar-refractivity contribution >= 4 is 21.6 Å². The Morgan fingerprint density at radius 2 is 1.61 bits per heavy atom. The number of anilines is 1. The van der Waals surface area contributed by atoms with Crippen LogP contribution in [0.15, 0.2) is 47.4 Å². The highest BCUT2D eigenvalue weighted by Crippen LogP contribution is 2.32. The highest BCUT2D eigenvalue weighted by Gasteiger charge is 2.28. The van der Waals surface area contributed by atoms with E-state index in [0.717, 1.165) is 30.9 Å². The summed E-state index contributed by atoms with van der Waals surface area (Å²) in [5.41, 5.74) is 3.60. The molecule has 0 atom stereocenters. The lowest BCUT2D eigenvalue weighted by atomic mass is 10.1. The van der Waals surface area contributed by atoms with Crippen LogP contribution in [0.2, 0.25) is 0 Å². The standard InChI is InChI=1S/C24H31N3O3S/c1-25(2)31(29,30)22-11-12-23-21(17-22)13-16-27(23)24(28)20-9-7-19(8-10-20)18-26-14-5-3-4-6-15-26/h7-12,17H,3-6,13-16,18H2,1-2H3. The number of benzene rings is 2. The van der Waals surface area contributed by atoms with Gasteiger partial charge in [0.1, 0.15) is 0 Å². The Morgan fingerprint density at radius 1 is 0.935 bits per heavy atom. The normalized spacial score (nSPS) is 17.6. The zero-order valence-electron chi connectivity index (χ0n) is 18.4. The van der Waals surface area contributed by atoms with E-state index in [-0.39, 0.29) is 10.8 Å². The average molecular weight is 442 g/mol. The van der Waals surface area contributed by atoms with Crippen molar-refractivity contribution in [1.82, 2.24) is 9.21 Å². The van der Waals surface area contributed by atoms with Crippen molar-refractivity contribution in [1.29, 1.82) is 0 Å². The van der Waals surface area contributed by atoms with Gasteiger partial charge in [0, 0.05) is 38.4 Å². The van der Waals surface area contributed by atoms with Crippen LogP contribution in [-0.2, 0) is 23.0 Å². The van der Waals surface area contributed by atoms with Crippen molar-refractivity contribution in [2.45, 2.75) is 43.5 Å². The Kier molecular flexibility index (Phi) is 6.46. The van der Waals surface area contributed by atoms with E-state index in [1.54, 1.807) is 23.1 Å². The molecule has 4 rings (SSSR count). The molecule has 166 valence electrons. The molecule has 0 bridgehead atoms. The van der Waals surface area contributed by atoms with Crippen LogP contribution < -0.4 is 4.90 Å². The largest absolute Gasteiger partial charge is 0.308 e. The van der Waals surface area contributed by atoms with Gasteiger partial charge in [0.05, 0.1) is 4.90 Å². The van der Waals surface area contributed by atoms with Crippen molar-refractivity contribution in [3.8, 4) is 0 Å². The minimum Gasteiger partial charge on any atom is -0.308 e. The van der Waals surface area contributed by atoms with E-state index in [1.165, 1.54) is 49.6 Å². The van der Waals surface area contributed by atoms with Gasteiger partial charge in [-0.05, 0) is 73.8 Å². The summed E-state index contributed by atoms with van der Waals surface area (Å²) in [5.74, 6) is -0.0386. The lowest BCUT2D eigenvalue weighted by Gasteiger charge is -2.20. The molecule has 6 nitrogen and oxygen atoms in total. The van der Waals surface area contributed by atoms with Crippen LogP contribution >= 0.6 is 0 Å². The number of fused-ring (bicyclic) bond motifs is 1. The van der Waals surface area contributed by atoms with Crippen molar-refractivity contribution in [3.05, 3.63) is 59.2 Å². The fraction of sp³-hybridized carbons (Fsp3) is 0.458. The van der Waals surface area contributed by atoms with Gasteiger partial charge in [-0.2, -0.15) is 0 Å². The molecule has 0 aliphatic carbocycles. The Bertz CT molecular complexity index is 1040. The van der Waals surface area contributed by atoms with Crippen LogP contribution in [-0.4, -0.2) is 57.3 Å². The molecule has 2 aliphatic heterocycles. The van der Waals surface area contributed by atoms with Gasteiger partial charge in [-0.15, -0.1) is 0 Å². The van der Waals surface area contributed by atoms with Crippen LogP contribution in [0.4, 0.5) is 5.69 Å². The molecule has 1 fully saturated rings. The first-order chi connectivity index (χ1) is 14.9. The number of rotatable bonds is 5. The molecule has 0 unspecified atom stereocenters. The summed E-state index contributed by atoms with van der Waals surface area (Å²) in [6.45, 7) is 3.80. The summed E-state index contributed by atoms with van der Waals surface area (Å²) in [6.07, 6.45) is 5.84. The molecule has 0 aromatic heterocycles. The van der Waals surface area contributed by atoms with Crippen molar-refractivity contribution in [2.75, 3.05) is 38.6 Å². The van der Waals surface area contributed by atoms with Crippen LogP contribution in [0.25, 0.3) is 0 Å². The van der Waals surface area contributed by atoms with Gasteiger partial charge in [-0.3, -0.25) is 9.69 Å². The lowest BCUT2D eigenvalue weighted by molar-refractivity contribution is 0.0989. The van der Waals surface area contributed by atoms with Gasteiger partial charge in [0.25, 0.3) is 5.91 Å². The fourth-order valence-electron chi connectivity index (χ4n) is 4.42. The van der Waals surface area contributed by atoms with E-state index in [1.807, 2.05) is 12.1 Å². The van der Waals surface area contributed by atoms with Crippen molar-refractivity contribution in [2.24, 2.45) is 0 Å². The molecule has 0 N–H and O–H groups in total. The summed E-state index contributed by atoms with van der Waals surface area (Å²) in [4.78, 5) is 17.7. The van der Waals surface area contributed by atoms with Gasteiger partial charge in [-0.25, -0.2) is 12.7 Å². The van der Waals surface area contributed by atoms with Crippen molar-refractivity contribution < 1.29 is 13.2 Å². The average Bonchev–Trinajstić information content (AvgIpc) is 3.02. The SMILES string of the molecule is CN(C)S(=O)(=O)c1ccc2c(c1)CCN2C(=O)c1ccc(CN2CCCCCC2)cc1.